The van der Waals surface area contributed by atoms with Crippen LogP contribution in [0.5, 0.6) is 0 Å². The van der Waals surface area contributed by atoms with Gasteiger partial charge in [-0.15, -0.1) is 0 Å². The number of nitrogens with zero attached hydrogens (tertiary/aromatic N) is 2. The molecule has 0 unspecified atom stereocenters. The molecule has 29 heavy (non-hydrogen) atoms. The third-order valence-electron chi connectivity index (χ3n) is 5.12. The Bertz CT molecular complexity index is 1310. The summed E-state index contributed by atoms with van der Waals surface area (Å²) in [6, 6.07) is 17.2. The van der Waals surface area contributed by atoms with E-state index in [-0.39, 0.29) is 11.2 Å². The highest BCUT2D eigenvalue weighted by atomic mass is 35.5. The van der Waals surface area contributed by atoms with Crippen molar-refractivity contribution in [3.05, 3.63) is 105 Å². The lowest BCUT2D eigenvalue weighted by Gasteiger charge is -2.24. The van der Waals surface area contributed by atoms with Gasteiger partial charge in [-0.3, -0.25) is 14.5 Å². The third kappa shape index (κ3) is 2.74. The molecule has 5 nitrogen and oxygen atoms in total. The van der Waals surface area contributed by atoms with Crippen molar-refractivity contribution in [3.8, 4) is 0 Å². The number of anilines is 1. The van der Waals surface area contributed by atoms with Gasteiger partial charge < -0.3 is 4.42 Å². The number of pyridine rings is 1. The number of hydrogen-bond acceptors (Lipinski definition) is 4. The Morgan fingerprint density at radius 1 is 1.03 bits per heavy atom. The Morgan fingerprint density at radius 3 is 2.55 bits per heavy atom. The lowest BCUT2D eigenvalue weighted by atomic mass is 9.97. The zero-order chi connectivity index (χ0) is 20.1. The van der Waals surface area contributed by atoms with E-state index in [1.54, 1.807) is 42.6 Å². The Kier molecular flexibility index (Phi) is 4.00. The molecule has 0 N–H and O–H groups in total. The van der Waals surface area contributed by atoms with Gasteiger partial charge in [-0.1, -0.05) is 47.5 Å². The van der Waals surface area contributed by atoms with Crippen LogP contribution in [-0.2, 0) is 0 Å². The topological polar surface area (TPSA) is 63.4 Å². The Balaban J connectivity index is 1.83. The largest absolute Gasteiger partial charge is 0.450 e. The summed E-state index contributed by atoms with van der Waals surface area (Å²) in [5.41, 5.74) is 2.26. The monoisotopic (exact) mass is 402 g/mol. The molecule has 0 saturated carbocycles. The van der Waals surface area contributed by atoms with E-state index in [2.05, 4.69) is 4.98 Å². The number of rotatable bonds is 2. The highest BCUT2D eigenvalue weighted by Gasteiger charge is 2.44. The quantitative estimate of drug-likeness (QED) is 0.478. The van der Waals surface area contributed by atoms with E-state index in [4.69, 9.17) is 16.0 Å². The van der Waals surface area contributed by atoms with Crippen LogP contribution in [0.1, 0.15) is 33.3 Å². The minimum absolute atomic E-state index is 0.0426. The smallest absolute Gasteiger partial charge is 0.296 e. The SMILES string of the molecule is Cc1ccc([C@@H]2c3c(oc4ccc(Cl)cc4c3=O)C(=O)N2c2ccccn2)cc1. The number of halogens is 1. The van der Waals surface area contributed by atoms with E-state index in [1.165, 1.54) is 4.90 Å². The molecule has 0 saturated heterocycles. The second kappa shape index (κ2) is 6.57. The number of aryl methyl sites for hydroxylation is 1. The second-order valence-electron chi connectivity index (χ2n) is 6.99. The zero-order valence-corrected chi connectivity index (χ0v) is 16.2. The number of carbonyl (C=O) groups excluding carboxylic acids is 1. The van der Waals surface area contributed by atoms with Crippen molar-refractivity contribution in [2.24, 2.45) is 0 Å². The number of hydrogen-bond donors (Lipinski definition) is 0. The standard InChI is InChI=1S/C23H15ClN2O3/c1-13-5-7-14(8-6-13)20-19-21(27)16-12-15(24)9-10-17(16)29-22(19)23(28)26(20)18-4-2-3-11-25-18/h2-12,20H,1H3/t20-/m1/s1. The van der Waals surface area contributed by atoms with Crippen molar-refractivity contribution in [1.29, 1.82) is 0 Å². The first-order valence-electron chi connectivity index (χ1n) is 9.12. The van der Waals surface area contributed by atoms with Crippen LogP contribution in [0.2, 0.25) is 5.02 Å². The van der Waals surface area contributed by atoms with Gasteiger partial charge in [-0.25, -0.2) is 4.98 Å². The number of fused-ring (bicyclic) bond motifs is 2. The fraction of sp³-hybridized carbons (Fsp3) is 0.0870. The Morgan fingerprint density at radius 2 is 1.83 bits per heavy atom. The molecule has 142 valence electrons. The fourth-order valence-electron chi connectivity index (χ4n) is 3.74. The van der Waals surface area contributed by atoms with Crippen LogP contribution in [0.25, 0.3) is 11.0 Å². The highest BCUT2D eigenvalue weighted by Crippen LogP contribution is 2.40. The first-order valence-corrected chi connectivity index (χ1v) is 9.50. The van der Waals surface area contributed by atoms with Crippen molar-refractivity contribution in [3.63, 3.8) is 0 Å². The van der Waals surface area contributed by atoms with Gasteiger partial charge in [0, 0.05) is 11.2 Å². The Labute approximate surface area is 171 Å². The summed E-state index contributed by atoms with van der Waals surface area (Å²) in [6.07, 6.45) is 1.61. The van der Waals surface area contributed by atoms with Crippen LogP contribution in [0, 0.1) is 6.92 Å². The molecule has 1 aliphatic rings. The molecule has 0 aliphatic carbocycles. The van der Waals surface area contributed by atoms with Gasteiger partial charge in [-0.2, -0.15) is 0 Å². The second-order valence-corrected chi connectivity index (χ2v) is 7.43. The van der Waals surface area contributed by atoms with E-state index in [1.807, 2.05) is 31.2 Å². The minimum Gasteiger partial charge on any atom is -0.450 e. The first-order chi connectivity index (χ1) is 14.0. The van der Waals surface area contributed by atoms with Crippen molar-refractivity contribution in [2.45, 2.75) is 13.0 Å². The summed E-state index contributed by atoms with van der Waals surface area (Å²) in [4.78, 5) is 32.6. The number of benzene rings is 2. The van der Waals surface area contributed by atoms with Gasteiger partial charge in [0.2, 0.25) is 5.76 Å². The molecule has 1 aliphatic heterocycles. The van der Waals surface area contributed by atoms with E-state index in [9.17, 15) is 9.59 Å². The zero-order valence-electron chi connectivity index (χ0n) is 15.4. The predicted octanol–water partition coefficient (Wildman–Crippen LogP) is 4.90. The van der Waals surface area contributed by atoms with E-state index >= 15 is 0 Å². The van der Waals surface area contributed by atoms with Crippen LogP contribution >= 0.6 is 11.6 Å². The third-order valence-corrected chi connectivity index (χ3v) is 5.36. The maximum atomic E-state index is 13.4. The average Bonchev–Trinajstić information content (AvgIpc) is 3.03. The normalized spacial score (nSPS) is 15.7. The van der Waals surface area contributed by atoms with Gasteiger partial charge in [0.25, 0.3) is 5.91 Å². The molecule has 1 atom stereocenters. The molecule has 3 heterocycles. The van der Waals surface area contributed by atoms with Crippen LogP contribution < -0.4 is 10.3 Å². The summed E-state index contributed by atoms with van der Waals surface area (Å²) in [7, 11) is 0. The molecular weight excluding hydrogens is 388 g/mol. The average molecular weight is 403 g/mol. The van der Waals surface area contributed by atoms with Crippen molar-refractivity contribution in [1.82, 2.24) is 4.98 Å². The predicted molar refractivity (Wildman–Crippen MR) is 112 cm³/mol. The van der Waals surface area contributed by atoms with E-state index in [0.29, 0.717) is 27.4 Å². The van der Waals surface area contributed by atoms with Crippen molar-refractivity contribution < 1.29 is 9.21 Å². The van der Waals surface area contributed by atoms with Gasteiger partial charge >= 0.3 is 0 Å². The van der Waals surface area contributed by atoms with Gasteiger partial charge in [0.05, 0.1) is 17.0 Å². The van der Waals surface area contributed by atoms with Crippen LogP contribution in [-0.4, -0.2) is 10.9 Å². The minimum atomic E-state index is -0.632. The molecular formula is C23H15ClN2O3. The van der Waals surface area contributed by atoms with Gasteiger partial charge in [-0.05, 0) is 42.8 Å². The summed E-state index contributed by atoms with van der Waals surface area (Å²) in [6.45, 7) is 1.98. The highest BCUT2D eigenvalue weighted by molar-refractivity contribution is 6.31. The first kappa shape index (κ1) is 17.6. The summed E-state index contributed by atoms with van der Waals surface area (Å²) >= 11 is 6.10. The molecule has 2 aromatic carbocycles. The lowest BCUT2D eigenvalue weighted by Crippen LogP contribution is -2.30. The lowest BCUT2D eigenvalue weighted by molar-refractivity contribution is 0.0970. The van der Waals surface area contributed by atoms with Crippen LogP contribution in [0.3, 0.4) is 0 Å². The van der Waals surface area contributed by atoms with Crippen molar-refractivity contribution >= 4 is 34.3 Å². The van der Waals surface area contributed by atoms with Gasteiger partial charge in [0.1, 0.15) is 11.4 Å². The summed E-state index contributed by atoms with van der Waals surface area (Å²) in [5.74, 6) is 0.107. The van der Waals surface area contributed by atoms with Crippen LogP contribution in [0.15, 0.2) is 76.1 Å². The van der Waals surface area contributed by atoms with E-state index in [0.717, 1.165) is 11.1 Å². The van der Waals surface area contributed by atoms with Crippen molar-refractivity contribution in [2.75, 3.05) is 4.90 Å². The molecule has 2 aromatic heterocycles. The molecule has 1 amide bonds. The summed E-state index contributed by atoms with van der Waals surface area (Å²) < 4.78 is 5.90. The molecule has 0 radical (unpaired) electrons. The maximum absolute atomic E-state index is 13.4. The molecule has 0 fully saturated rings. The van der Waals surface area contributed by atoms with Gasteiger partial charge in [0.15, 0.2) is 5.43 Å². The molecule has 6 heteroatoms. The molecule has 0 bridgehead atoms. The maximum Gasteiger partial charge on any atom is 0.296 e. The Hall–Kier alpha value is -3.44. The molecule has 0 spiro atoms. The fourth-order valence-corrected chi connectivity index (χ4v) is 3.91. The van der Waals surface area contributed by atoms with E-state index < -0.39 is 11.9 Å². The molecule has 4 aromatic rings. The van der Waals surface area contributed by atoms with Crippen LogP contribution in [0.4, 0.5) is 5.82 Å². The number of amides is 1. The summed E-state index contributed by atoms with van der Waals surface area (Å²) in [5, 5.41) is 0.784. The molecule has 5 rings (SSSR count). The number of carbonyl (C=O) groups is 1. The number of aromatic nitrogens is 1.